The SMILES string of the molecule is CC.COCC(=O)NC1(c2ccccc2)CCCCC1.COc1cc(C)c(S(=O)(=O)N2CCCC2)c(C)c1. The molecule has 212 valence electrons. The van der Waals surface area contributed by atoms with Crippen LogP contribution in [0.1, 0.15) is 75.5 Å². The van der Waals surface area contributed by atoms with Crippen LogP contribution in [0.15, 0.2) is 47.4 Å². The van der Waals surface area contributed by atoms with Gasteiger partial charge in [-0.3, -0.25) is 4.79 Å². The fraction of sp³-hybridized carbons (Fsp3) is 0.567. The molecule has 1 N–H and O–H groups in total. The van der Waals surface area contributed by atoms with Crippen LogP contribution in [0.25, 0.3) is 0 Å². The van der Waals surface area contributed by atoms with E-state index in [0.29, 0.717) is 23.7 Å². The van der Waals surface area contributed by atoms with Crippen LogP contribution in [0.3, 0.4) is 0 Å². The number of carbonyl (C=O) groups excluding carboxylic acids is 1. The van der Waals surface area contributed by atoms with Crippen LogP contribution in [0.4, 0.5) is 0 Å². The number of nitrogens with zero attached hydrogens (tertiary/aromatic N) is 1. The predicted molar refractivity (Wildman–Crippen MR) is 153 cm³/mol. The second kappa shape index (κ2) is 15.2. The van der Waals surface area contributed by atoms with Gasteiger partial charge in [-0.25, -0.2) is 8.42 Å². The summed E-state index contributed by atoms with van der Waals surface area (Å²) in [5.74, 6) is 0.675. The fourth-order valence-electron chi connectivity index (χ4n) is 5.33. The molecule has 1 aliphatic heterocycles. The van der Waals surface area contributed by atoms with Gasteiger partial charge in [-0.15, -0.1) is 0 Å². The lowest BCUT2D eigenvalue weighted by molar-refractivity contribution is -0.127. The van der Waals surface area contributed by atoms with Gasteiger partial charge in [-0.1, -0.05) is 63.4 Å². The molecule has 0 radical (unpaired) electrons. The number of nitrogens with one attached hydrogen (secondary N) is 1. The van der Waals surface area contributed by atoms with Crippen molar-refractivity contribution in [2.24, 2.45) is 0 Å². The first-order chi connectivity index (χ1) is 18.2. The molecule has 2 aromatic carbocycles. The fourth-order valence-corrected chi connectivity index (χ4v) is 7.25. The maximum absolute atomic E-state index is 12.6. The van der Waals surface area contributed by atoms with Crippen molar-refractivity contribution in [1.82, 2.24) is 9.62 Å². The summed E-state index contributed by atoms with van der Waals surface area (Å²) in [6.07, 6.45) is 7.54. The number of ether oxygens (including phenoxy) is 2. The summed E-state index contributed by atoms with van der Waals surface area (Å²) in [4.78, 5) is 12.3. The van der Waals surface area contributed by atoms with Crippen molar-refractivity contribution in [2.75, 3.05) is 33.9 Å². The van der Waals surface area contributed by atoms with Gasteiger partial charge in [0.1, 0.15) is 12.4 Å². The molecule has 0 aromatic heterocycles. The zero-order chi connectivity index (χ0) is 28.2. The minimum Gasteiger partial charge on any atom is -0.497 e. The van der Waals surface area contributed by atoms with Crippen LogP contribution in [-0.2, 0) is 25.1 Å². The lowest BCUT2D eigenvalue weighted by atomic mass is 9.76. The Morgan fingerprint density at radius 1 is 0.921 bits per heavy atom. The van der Waals surface area contributed by atoms with Gasteiger partial charge in [0.05, 0.1) is 17.5 Å². The lowest BCUT2D eigenvalue weighted by Gasteiger charge is -2.38. The van der Waals surface area contributed by atoms with Crippen LogP contribution >= 0.6 is 0 Å². The molecule has 0 bridgehead atoms. The molecule has 4 rings (SSSR count). The molecule has 7 nitrogen and oxygen atoms in total. The van der Waals surface area contributed by atoms with E-state index in [1.54, 1.807) is 30.7 Å². The highest BCUT2D eigenvalue weighted by Gasteiger charge is 2.35. The summed E-state index contributed by atoms with van der Waals surface area (Å²) in [5, 5.41) is 3.19. The summed E-state index contributed by atoms with van der Waals surface area (Å²) >= 11 is 0. The molecule has 2 aromatic rings. The van der Waals surface area contributed by atoms with Crippen molar-refractivity contribution in [2.45, 2.75) is 83.1 Å². The van der Waals surface area contributed by atoms with Crippen LogP contribution < -0.4 is 10.1 Å². The van der Waals surface area contributed by atoms with Crippen LogP contribution in [-0.4, -0.2) is 52.5 Å². The van der Waals surface area contributed by atoms with Gasteiger partial charge >= 0.3 is 0 Å². The zero-order valence-electron chi connectivity index (χ0n) is 24.0. The Kier molecular flexibility index (Phi) is 12.8. The van der Waals surface area contributed by atoms with Crippen molar-refractivity contribution in [3.63, 3.8) is 0 Å². The molecular weight excluding hydrogens is 500 g/mol. The van der Waals surface area contributed by atoms with E-state index in [1.807, 2.05) is 45.9 Å². The number of methoxy groups -OCH3 is 2. The molecule has 1 saturated carbocycles. The normalized spacial score (nSPS) is 16.9. The van der Waals surface area contributed by atoms with E-state index < -0.39 is 10.0 Å². The van der Waals surface area contributed by atoms with Crippen molar-refractivity contribution in [1.29, 1.82) is 0 Å². The molecule has 0 unspecified atom stereocenters. The third kappa shape index (κ3) is 8.04. The standard InChI is InChI=1S/C15H21NO2.C13H19NO3S.C2H6/c1-18-12-14(17)16-15(10-6-3-7-11-15)13-8-4-2-5-9-13;1-10-8-12(17-3)9-11(2)13(10)18(15,16)14-6-4-5-7-14;1-2/h2,4-5,8-9H,3,6-7,10-12H2,1H3,(H,16,17);8-9H,4-7H2,1-3H3;1-2H3. The number of aryl methyl sites for hydroxylation is 2. The Bertz CT molecular complexity index is 1080. The molecule has 38 heavy (non-hydrogen) atoms. The largest absolute Gasteiger partial charge is 0.497 e. The molecule has 1 aliphatic carbocycles. The number of carbonyl (C=O) groups is 1. The second-order valence-electron chi connectivity index (χ2n) is 9.69. The molecule has 1 heterocycles. The Morgan fingerprint density at radius 3 is 1.97 bits per heavy atom. The van der Waals surface area contributed by atoms with Gasteiger partial charge in [-0.2, -0.15) is 4.31 Å². The van der Waals surface area contributed by atoms with Gasteiger partial charge in [0.25, 0.3) is 0 Å². The summed E-state index contributed by atoms with van der Waals surface area (Å²) in [7, 11) is -0.210. The van der Waals surface area contributed by atoms with Crippen LogP contribution in [0, 0.1) is 13.8 Å². The topological polar surface area (TPSA) is 84.9 Å². The summed E-state index contributed by atoms with van der Waals surface area (Å²) in [5.41, 5.74) is 2.53. The molecule has 1 saturated heterocycles. The average Bonchev–Trinajstić information content (AvgIpc) is 3.47. The van der Waals surface area contributed by atoms with E-state index in [1.165, 1.54) is 24.8 Å². The van der Waals surface area contributed by atoms with E-state index in [2.05, 4.69) is 17.4 Å². The minimum atomic E-state index is -3.35. The molecule has 0 atom stereocenters. The molecule has 8 heteroatoms. The van der Waals surface area contributed by atoms with Crippen LogP contribution in [0.5, 0.6) is 5.75 Å². The molecule has 1 amide bonds. The van der Waals surface area contributed by atoms with Gasteiger partial charge < -0.3 is 14.8 Å². The third-order valence-electron chi connectivity index (χ3n) is 7.02. The Hall–Kier alpha value is -2.42. The molecule has 2 aliphatic rings. The van der Waals surface area contributed by atoms with E-state index in [4.69, 9.17) is 9.47 Å². The predicted octanol–water partition coefficient (Wildman–Crippen LogP) is 5.73. The number of rotatable bonds is 7. The monoisotopic (exact) mass is 546 g/mol. The first kappa shape index (κ1) is 31.8. The van der Waals surface area contributed by atoms with Crippen molar-refractivity contribution < 1.29 is 22.7 Å². The van der Waals surface area contributed by atoms with Crippen molar-refractivity contribution >= 4 is 15.9 Å². The molecular formula is C30H46N2O5S. The maximum Gasteiger partial charge on any atom is 0.246 e. The van der Waals surface area contributed by atoms with Gasteiger partial charge in [0.15, 0.2) is 0 Å². The highest BCUT2D eigenvalue weighted by atomic mass is 32.2. The van der Waals surface area contributed by atoms with Crippen molar-refractivity contribution in [3.8, 4) is 5.75 Å². The third-order valence-corrected chi connectivity index (χ3v) is 9.22. The molecule has 2 fully saturated rings. The Labute approximate surface area is 230 Å². The van der Waals surface area contributed by atoms with E-state index in [-0.39, 0.29) is 18.1 Å². The number of benzene rings is 2. The number of amides is 1. The van der Waals surface area contributed by atoms with E-state index in [9.17, 15) is 13.2 Å². The second-order valence-corrected chi connectivity index (χ2v) is 11.6. The first-order valence-corrected chi connectivity index (χ1v) is 15.2. The highest BCUT2D eigenvalue weighted by molar-refractivity contribution is 7.89. The molecule has 0 spiro atoms. The Balaban J connectivity index is 0.000000251. The van der Waals surface area contributed by atoms with E-state index >= 15 is 0 Å². The smallest absolute Gasteiger partial charge is 0.246 e. The zero-order valence-corrected chi connectivity index (χ0v) is 24.8. The number of hydrogen-bond acceptors (Lipinski definition) is 5. The number of sulfonamides is 1. The quantitative estimate of drug-likeness (QED) is 0.479. The van der Waals surface area contributed by atoms with Gasteiger partial charge in [0.2, 0.25) is 15.9 Å². The summed E-state index contributed by atoms with van der Waals surface area (Å²) in [6.45, 7) is 9.03. The maximum atomic E-state index is 12.6. The summed E-state index contributed by atoms with van der Waals surface area (Å²) in [6, 6.07) is 13.8. The lowest BCUT2D eigenvalue weighted by Crippen LogP contribution is -2.48. The van der Waals surface area contributed by atoms with Crippen molar-refractivity contribution in [3.05, 3.63) is 59.2 Å². The summed E-state index contributed by atoms with van der Waals surface area (Å²) < 4.78 is 36.8. The van der Waals surface area contributed by atoms with Gasteiger partial charge in [0, 0.05) is 20.2 Å². The first-order valence-electron chi connectivity index (χ1n) is 13.7. The van der Waals surface area contributed by atoms with Gasteiger partial charge in [-0.05, 0) is 68.4 Å². The Morgan fingerprint density at radius 2 is 1.47 bits per heavy atom. The average molecular weight is 547 g/mol. The highest BCUT2D eigenvalue weighted by Crippen LogP contribution is 2.37. The van der Waals surface area contributed by atoms with Crippen LogP contribution in [0.2, 0.25) is 0 Å². The minimum absolute atomic E-state index is 0.0248. The number of hydrogen-bond donors (Lipinski definition) is 1. The van der Waals surface area contributed by atoms with E-state index in [0.717, 1.165) is 36.8 Å².